The Morgan fingerprint density at radius 2 is 1.84 bits per heavy atom. The van der Waals surface area contributed by atoms with Crippen LogP contribution < -0.4 is 5.32 Å². The largest absolute Gasteiger partial charge is 0.382 e. The lowest BCUT2D eigenvalue weighted by Gasteiger charge is -2.33. The Morgan fingerprint density at radius 3 is 2.58 bits per heavy atom. The van der Waals surface area contributed by atoms with Crippen LogP contribution in [0, 0.1) is 0 Å². The Bertz CT molecular complexity index is 987. The molecule has 0 saturated carbocycles. The van der Waals surface area contributed by atoms with Crippen molar-refractivity contribution in [2.24, 2.45) is 0 Å². The van der Waals surface area contributed by atoms with E-state index in [1.807, 2.05) is 35.2 Å². The third-order valence-corrected chi connectivity index (χ3v) is 6.19. The molecule has 5 nitrogen and oxygen atoms in total. The maximum Gasteiger partial charge on any atom is 0.226 e. The van der Waals surface area contributed by atoms with Crippen LogP contribution >= 0.6 is 0 Å². The highest BCUT2D eigenvalue weighted by atomic mass is 16.2. The summed E-state index contributed by atoms with van der Waals surface area (Å²) in [7, 11) is 4.24. The second-order valence-corrected chi connectivity index (χ2v) is 8.90. The average Bonchev–Trinajstić information content (AvgIpc) is 3.17. The smallest absolute Gasteiger partial charge is 0.226 e. The number of nitrogens with one attached hydrogen (secondary N) is 1. The Hall–Kier alpha value is -2.79. The molecule has 2 aromatic carbocycles. The highest BCUT2D eigenvalue weighted by Gasteiger charge is 2.22. The van der Waals surface area contributed by atoms with Gasteiger partial charge in [-0.2, -0.15) is 0 Å². The van der Waals surface area contributed by atoms with E-state index < -0.39 is 0 Å². The first-order valence-electron chi connectivity index (χ1n) is 11.4. The van der Waals surface area contributed by atoms with Gasteiger partial charge < -0.3 is 19.7 Å². The molecule has 1 aromatic heterocycles. The number of aromatic nitrogens is 1. The molecule has 0 unspecified atom stereocenters. The van der Waals surface area contributed by atoms with Crippen LogP contribution in [-0.2, 0) is 17.8 Å². The van der Waals surface area contributed by atoms with Gasteiger partial charge in [0.05, 0.1) is 6.42 Å². The van der Waals surface area contributed by atoms with Crippen molar-refractivity contribution in [2.75, 3.05) is 39.0 Å². The van der Waals surface area contributed by atoms with Crippen LogP contribution in [0.5, 0.6) is 0 Å². The van der Waals surface area contributed by atoms with Crippen molar-refractivity contribution in [3.05, 3.63) is 66.4 Å². The van der Waals surface area contributed by atoms with Crippen molar-refractivity contribution in [1.29, 1.82) is 0 Å². The number of benzene rings is 2. The molecule has 0 atom stereocenters. The first kappa shape index (κ1) is 21.4. The number of anilines is 1. The van der Waals surface area contributed by atoms with E-state index in [1.54, 1.807) is 0 Å². The lowest BCUT2D eigenvalue weighted by Crippen LogP contribution is -2.43. The van der Waals surface area contributed by atoms with E-state index >= 15 is 0 Å². The molecular weight excluding hydrogens is 384 g/mol. The highest BCUT2D eigenvalue weighted by Crippen LogP contribution is 2.23. The van der Waals surface area contributed by atoms with Gasteiger partial charge in [-0.05, 0) is 69.7 Å². The van der Waals surface area contributed by atoms with E-state index in [2.05, 4.69) is 59.3 Å². The zero-order chi connectivity index (χ0) is 21.6. The van der Waals surface area contributed by atoms with Gasteiger partial charge in [-0.1, -0.05) is 30.3 Å². The predicted octanol–water partition coefficient (Wildman–Crippen LogP) is 4.24. The molecule has 1 saturated heterocycles. The second-order valence-electron chi connectivity index (χ2n) is 8.90. The minimum atomic E-state index is 0.238. The van der Waals surface area contributed by atoms with Crippen LogP contribution in [-0.4, -0.2) is 60.0 Å². The van der Waals surface area contributed by atoms with Gasteiger partial charge in [0, 0.05) is 48.5 Å². The number of aryl methyl sites for hydroxylation is 1. The molecule has 2 heterocycles. The number of carbonyl (C=O) groups is 1. The Kier molecular flexibility index (Phi) is 6.92. The molecule has 4 rings (SSSR count). The topological polar surface area (TPSA) is 40.5 Å². The SMILES string of the molecule is CN(C)CCCn1ccc2cc(NC3CCN(C(=O)Cc4ccccc4)CC3)ccc21. The van der Waals surface area contributed by atoms with Crippen molar-refractivity contribution in [1.82, 2.24) is 14.4 Å². The Labute approximate surface area is 185 Å². The van der Waals surface area contributed by atoms with Crippen LogP contribution in [0.2, 0.25) is 0 Å². The summed E-state index contributed by atoms with van der Waals surface area (Å²) in [5.74, 6) is 0.238. The van der Waals surface area contributed by atoms with Crippen LogP contribution in [0.3, 0.4) is 0 Å². The molecule has 1 N–H and O–H groups in total. The molecule has 0 radical (unpaired) electrons. The number of amides is 1. The first-order chi connectivity index (χ1) is 15.1. The molecule has 1 amide bonds. The molecule has 164 valence electrons. The van der Waals surface area contributed by atoms with Crippen molar-refractivity contribution in [2.45, 2.75) is 38.3 Å². The quantitative estimate of drug-likeness (QED) is 0.595. The molecular formula is C26H34N4O. The van der Waals surface area contributed by atoms with Crippen molar-refractivity contribution < 1.29 is 4.79 Å². The molecule has 0 bridgehead atoms. The van der Waals surface area contributed by atoms with E-state index in [0.29, 0.717) is 12.5 Å². The maximum atomic E-state index is 12.6. The van der Waals surface area contributed by atoms with Crippen molar-refractivity contribution in [3.63, 3.8) is 0 Å². The number of hydrogen-bond donors (Lipinski definition) is 1. The average molecular weight is 419 g/mol. The first-order valence-corrected chi connectivity index (χ1v) is 11.4. The predicted molar refractivity (Wildman–Crippen MR) is 128 cm³/mol. The van der Waals surface area contributed by atoms with E-state index in [0.717, 1.165) is 51.0 Å². The van der Waals surface area contributed by atoms with E-state index in [-0.39, 0.29) is 5.91 Å². The van der Waals surface area contributed by atoms with E-state index in [4.69, 9.17) is 0 Å². The summed E-state index contributed by atoms with van der Waals surface area (Å²) in [6.07, 6.45) is 5.83. The summed E-state index contributed by atoms with van der Waals surface area (Å²) >= 11 is 0. The van der Waals surface area contributed by atoms with Crippen LogP contribution in [0.4, 0.5) is 5.69 Å². The molecule has 0 spiro atoms. The van der Waals surface area contributed by atoms with Gasteiger partial charge in [0.15, 0.2) is 0 Å². The minimum absolute atomic E-state index is 0.238. The second kappa shape index (κ2) is 10.0. The third-order valence-electron chi connectivity index (χ3n) is 6.19. The molecule has 3 aromatic rings. The zero-order valence-electron chi connectivity index (χ0n) is 18.8. The number of rotatable bonds is 8. The van der Waals surface area contributed by atoms with Gasteiger partial charge in [-0.3, -0.25) is 4.79 Å². The number of hydrogen-bond acceptors (Lipinski definition) is 3. The monoisotopic (exact) mass is 418 g/mol. The van der Waals surface area contributed by atoms with Gasteiger partial charge in [0.1, 0.15) is 0 Å². The third kappa shape index (κ3) is 5.67. The minimum Gasteiger partial charge on any atom is -0.382 e. The molecule has 1 aliphatic rings. The van der Waals surface area contributed by atoms with Gasteiger partial charge >= 0.3 is 0 Å². The van der Waals surface area contributed by atoms with Crippen molar-refractivity contribution >= 4 is 22.5 Å². The number of piperidine rings is 1. The van der Waals surface area contributed by atoms with Gasteiger partial charge in [-0.25, -0.2) is 0 Å². The lowest BCUT2D eigenvalue weighted by atomic mass is 10.0. The Balaban J connectivity index is 1.28. The summed E-state index contributed by atoms with van der Waals surface area (Å²) in [6, 6.07) is 19.3. The molecule has 1 fully saturated rings. The van der Waals surface area contributed by atoms with Crippen LogP contribution in [0.1, 0.15) is 24.8 Å². The summed E-state index contributed by atoms with van der Waals surface area (Å²) in [5.41, 5.74) is 3.56. The summed E-state index contributed by atoms with van der Waals surface area (Å²) in [5, 5.41) is 4.98. The fraction of sp³-hybridized carbons (Fsp3) is 0.423. The molecule has 1 aliphatic heterocycles. The van der Waals surface area contributed by atoms with E-state index in [1.165, 1.54) is 16.6 Å². The fourth-order valence-electron chi connectivity index (χ4n) is 4.43. The number of likely N-dealkylation sites (tertiary alicyclic amines) is 1. The summed E-state index contributed by atoms with van der Waals surface area (Å²) in [4.78, 5) is 16.8. The van der Waals surface area contributed by atoms with E-state index in [9.17, 15) is 4.79 Å². The summed E-state index contributed by atoms with van der Waals surface area (Å²) < 4.78 is 2.35. The molecule has 5 heteroatoms. The maximum absolute atomic E-state index is 12.6. The normalized spacial score (nSPS) is 15.0. The van der Waals surface area contributed by atoms with Gasteiger partial charge in [0.2, 0.25) is 5.91 Å². The van der Waals surface area contributed by atoms with Crippen molar-refractivity contribution in [3.8, 4) is 0 Å². The van der Waals surface area contributed by atoms with Gasteiger partial charge in [0.25, 0.3) is 0 Å². The Morgan fingerprint density at radius 1 is 1.06 bits per heavy atom. The highest BCUT2D eigenvalue weighted by molar-refractivity contribution is 5.84. The van der Waals surface area contributed by atoms with Crippen LogP contribution in [0.25, 0.3) is 10.9 Å². The molecule has 0 aliphatic carbocycles. The van der Waals surface area contributed by atoms with Crippen LogP contribution in [0.15, 0.2) is 60.8 Å². The molecule has 31 heavy (non-hydrogen) atoms. The standard InChI is InChI=1S/C26H34N4O/c1-28(2)14-6-15-29-16-11-22-20-24(9-10-25(22)29)27-23-12-17-30(18-13-23)26(31)19-21-7-4-3-5-8-21/h3-5,7-11,16,20,23,27H,6,12-15,17-19H2,1-2H3. The zero-order valence-corrected chi connectivity index (χ0v) is 18.8. The fourth-order valence-corrected chi connectivity index (χ4v) is 4.43. The number of carbonyl (C=O) groups excluding carboxylic acids is 1. The summed E-state index contributed by atoms with van der Waals surface area (Å²) in [6.45, 7) is 3.80. The number of nitrogens with zero attached hydrogens (tertiary/aromatic N) is 3. The lowest BCUT2D eigenvalue weighted by molar-refractivity contribution is -0.131. The number of fused-ring (bicyclic) bond motifs is 1. The van der Waals surface area contributed by atoms with Gasteiger partial charge in [-0.15, -0.1) is 0 Å².